The third-order valence-corrected chi connectivity index (χ3v) is 5.66. The lowest BCUT2D eigenvalue weighted by atomic mass is 10.0. The van der Waals surface area contributed by atoms with Gasteiger partial charge in [-0.25, -0.2) is 4.79 Å². The number of likely N-dealkylation sites (N-methyl/N-ethyl adjacent to an activating group) is 1. The molecule has 1 aliphatic heterocycles. The maximum atomic E-state index is 12.9. The van der Waals surface area contributed by atoms with Gasteiger partial charge in [0.15, 0.2) is 0 Å². The van der Waals surface area contributed by atoms with Crippen LogP contribution in [-0.4, -0.2) is 84.3 Å². The maximum Gasteiger partial charge on any atom is 0.318 e. The highest BCUT2D eigenvalue weighted by Gasteiger charge is 2.27. The molecule has 6 nitrogen and oxygen atoms in total. The molecule has 2 N–H and O–H groups in total. The summed E-state index contributed by atoms with van der Waals surface area (Å²) in [7, 11) is 2.15. The molecular weight excluding hydrogens is 348 g/mol. The van der Waals surface area contributed by atoms with Crippen molar-refractivity contribution in [1.29, 1.82) is 0 Å². The zero-order valence-electron chi connectivity index (χ0n) is 16.6. The van der Waals surface area contributed by atoms with Crippen molar-refractivity contribution in [2.24, 2.45) is 0 Å². The Morgan fingerprint density at radius 1 is 1.31 bits per heavy atom. The minimum atomic E-state index is -0.296. The molecule has 0 spiro atoms. The minimum Gasteiger partial charge on any atom is -0.396 e. The van der Waals surface area contributed by atoms with Crippen molar-refractivity contribution in [3.63, 3.8) is 0 Å². The van der Waals surface area contributed by atoms with Crippen LogP contribution in [-0.2, 0) is 6.54 Å². The van der Waals surface area contributed by atoms with Gasteiger partial charge in [-0.2, -0.15) is 0 Å². The summed E-state index contributed by atoms with van der Waals surface area (Å²) in [5.74, 6) is 0. The first kappa shape index (κ1) is 21.2. The second kappa shape index (κ2) is 9.69. The van der Waals surface area contributed by atoms with E-state index in [9.17, 15) is 9.90 Å². The van der Waals surface area contributed by atoms with Crippen molar-refractivity contribution in [1.82, 2.24) is 20.0 Å². The summed E-state index contributed by atoms with van der Waals surface area (Å²) in [6.45, 7) is 12.6. The highest BCUT2D eigenvalue weighted by molar-refractivity contribution is 7.11. The molecule has 0 unspecified atom stereocenters. The van der Waals surface area contributed by atoms with Crippen molar-refractivity contribution in [2.75, 3.05) is 52.9 Å². The quantitative estimate of drug-likeness (QED) is 0.722. The molecule has 1 aromatic heterocycles. The molecule has 148 valence electrons. The number of hydrogen-bond donors (Lipinski definition) is 2. The van der Waals surface area contributed by atoms with E-state index in [0.717, 1.165) is 32.7 Å². The van der Waals surface area contributed by atoms with Crippen LogP contribution in [0.2, 0.25) is 0 Å². The van der Waals surface area contributed by atoms with E-state index in [1.54, 1.807) is 11.3 Å². The molecule has 0 aliphatic carbocycles. The summed E-state index contributed by atoms with van der Waals surface area (Å²) in [6, 6.07) is 4.11. The zero-order valence-corrected chi connectivity index (χ0v) is 17.4. The standard InChI is InChI=1S/C19H34N4O2S/c1-16-6-7-17(26-16)14-23(8-5-13-24)18(25)20-19(2,3)15-22-11-9-21(4)10-12-22/h6-7,24H,5,8-15H2,1-4H3,(H,20,25). The van der Waals surface area contributed by atoms with Gasteiger partial charge in [0, 0.05) is 61.2 Å². The lowest BCUT2D eigenvalue weighted by Crippen LogP contribution is -2.57. The number of urea groups is 1. The van der Waals surface area contributed by atoms with Gasteiger partial charge in [-0.1, -0.05) is 0 Å². The Hall–Kier alpha value is -1.15. The highest BCUT2D eigenvalue weighted by Crippen LogP contribution is 2.18. The Morgan fingerprint density at radius 3 is 2.58 bits per heavy atom. The molecule has 0 atom stereocenters. The largest absolute Gasteiger partial charge is 0.396 e. The Kier molecular flexibility index (Phi) is 7.88. The van der Waals surface area contributed by atoms with Crippen LogP contribution >= 0.6 is 11.3 Å². The van der Waals surface area contributed by atoms with Gasteiger partial charge < -0.3 is 20.2 Å². The number of hydrogen-bond acceptors (Lipinski definition) is 5. The van der Waals surface area contributed by atoms with Crippen LogP contribution in [0.15, 0.2) is 12.1 Å². The summed E-state index contributed by atoms with van der Waals surface area (Å²) in [4.78, 5) is 21.9. The van der Waals surface area contributed by atoms with Gasteiger partial charge in [0.2, 0.25) is 0 Å². The molecular formula is C19H34N4O2S. The zero-order chi connectivity index (χ0) is 19.2. The first-order valence-electron chi connectivity index (χ1n) is 9.43. The summed E-state index contributed by atoms with van der Waals surface area (Å²) >= 11 is 1.72. The maximum absolute atomic E-state index is 12.9. The van der Waals surface area contributed by atoms with Gasteiger partial charge in [0.05, 0.1) is 6.54 Å². The molecule has 1 fully saturated rings. The number of amides is 2. The number of aliphatic hydroxyl groups is 1. The van der Waals surface area contributed by atoms with Crippen LogP contribution in [0.1, 0.15) is 30.0 Å². The molecule has 1 aromatic rings. The number of aryl methyl sites for hydroxylation is 1. The SMILES string of the molecule is Cc1ccc(CN(CCCO)C(=O)NC(C)(C)CN2CCN(C)CC2)s1. The second-order valence-corrected chi connectivity index (χ2v) is 9.28. The van der Waals surface area contributed by atoms with E-state index in [2.05, 4.69) is 55.1 Å². The van der Waals surface area contributed by atoms with E-state index in [4.69, 9.17) is 0 Å². The second-order valence-electron chi connectivity index (χ2n) is 7.90. The van der Waals surface area contributed by atoms with Crippen LogP contribution in [0, 0.1) is 6.92 Å². The van der Waals surface area contributed by atoms with Crippen LogP contribution in [0.4, 0.5) is 4.79 Å². The average molecular weight is 383 g/mol. The monoisotopic (exact) mass is 382 g/mol. The molecule has 2 heterocycles. The highest BCUT2D eigenvalue weighted by atomic mass is 32.1. The number of rotatable bonds is 8. The van der Waals surface area contributed by atoms with Crippen molar-refractivity contribution >= 4 is 17.4 Å². The molecule has 1 saturated heterocycles. The number of aliphatic hydroxyl groups excluding tert-OH is 1. The fraction of sp³-hybridized carbons (Fsp3) is 0.737. The Morgan fingerprint density at radius 2 is 2.00 bits per heavy atom. The number of carbonyl (C=O) groups is 1. The lowest BCUT2D eigenvalue weighted by molar-refractivity contribution is 0.120. The third kappa shape index (κ3) is 6.87. The predicted molar refractivity (Wildman–Crippen MR) is 108 cm³/mol. The molecule has 2 rings (SSSR count). The van der Waals surface area contributed by atoms with Gasteiger partial charge in [0.1, 0.15) is 0 Å². The number of nitrogens with zero attached hydrogens (tertiary/aromatic N) is 3. The first-order valence-corrected chi connectivity index (χ1v) is 10.2. The van der Waals surface area contributed by atoms with Crippen molar-refractivity contribution < 1.29 is 9.90 Å². The molecule has 0 saturated carbocycles. The number of thiophene rings is 1. The number of carbonyl (C=O) groups excluding carboxylic acids is 1. The Balaban J connectivity index is 1.92. The molecule has 1 aliphatic rings. The molecule has 0 bridgehead atoms. The third-order valence-electron chi connectivity index (χ3n) is 4.68. The minimum absolute atomic E-state index is 0.0522. The van der Waals surface area contributed by atoms with Crippen LogP contribution in [0.5, 0.6) is 0 Å². The topological polar surface area (TPSA) is 59.1 Å². The van der Waals surface area contributed by atoms with E-state index < -0.39 is 0 Å². The van der Waals surface area contributed by atoms with Crippen LogP contribution < -0.4 is 5.32 Å². The van der Waals surface area contributed by atoms with E-state index in [1.165, 1.54) is 9.75 Å². The average Bonchev–Trinajstić information content (AvgIpc) is 2.98. The van der Waals surface area contributed by atoms with Gasteiger partial charge in [-0.3, -0.25) is 4.90 Å². The van der Waals surface area contributed by atoms with Crippen LogP contribution in [0.25, 0.3) is 0 Å². The smallest absolute Gasteiger partial charge is 0.318 e. The van der Waals surface area contributed by atoms with Crippen molar-refractivity contribution in [3.8, 4) is 0 Å². The van der Waals surface area contributed by atoms with Gasteiger partial charge in [-0.05, 0) is 46.4 Å². The molecule has 2 amide bonds. The fourth-order valence-electron chi connectivity index (χ4n) is 3.25. The Bertz CT molecular complexity index is 568. The van der Waals surface area contributed by atoms with Crippen molar-refractivity contribution in [2.45, 2.75) is 39.3 Å². The van der Waals surface area contributed by atoms with E-state index >= 15 is 0 Å². The fourth-order valence-corrected chi connectivity index (χ4v) is 4.15. The molecule has 26 heavy (non-hydrogen) atoms. The molecule has 7 heteroatoms. The van der Waals surface area contributed by atoms with Gasteiger partial charge >= 0.3 is 6.03 Å². The molecule has 0 aromatic carbocycles. The number of nitrogens with one attached hydrogen (secondary N) is 1. The van der Waals surface area contributed by atoms with E-state index in [1.807, 2.05) is 4.90 Å². The normalized spacial score (nSPS) is 16.7. The van der Waals surface area contributed by atoms with E-state index in [-0.39, 0.29) is 18.2 Å². The molecule has 0 radical (unpaired) electrons. The number of piperazine rings is 1. The van der Waals surface area contributed by atoms with Gasteiger partial charge in [0.25, 0.3) is 0 Å². The summed E-state index contributed by atoms with van der Waals surface area (Å²) < 4.78 is 0. The van der Waals surface area contributed by atoms with Crippen LogP contribution in [0.3, 0.4) is 0 Å². The summed E-state index contributed by atoms with van der Waals surface area (Å²) in [5.41, 5.74) is -0.296. The van der Waals surface area contributed by atoms with Gasteiger partial charge in [-0.15, -0.1) is 11.3 Å². The Labute approximate surface area is 161 Å². The van der Waals surface area contributed by atoms with E-state index in [0.29, 0.717) is 19.5 Å². The first-order chi connectivity index (χ1) is 12.3. The summed E-state index contributed by atoms with van der Waals surface area (Å²) in [6.07, 6.45) is 0.594. The lowest BCUT2D eigenvalue weighted by Gasteiger charge is -2.39. The van der Waals surface area contributed by atoms with Crippen molar-refractivity contribution in [3.05, 3.63) is 21.9 Å². The predicted octanol–water partition coefficient (Wildman–Crippen LogP) is 1.98. The summed E-state index contributed by atoms with van der Waals surface area (Å²) in [5, 5.41) is 12.4.